The summed E-state index contributed by atoms with van der Waals surface area (Å²) in [5.41, 5.74) is 2.26. The topological polar surface area (TPSA) is 49.4 Å². The van der Waals surface area contributed by atoms with Gasteiger partial charge in [-0.05, 0) is 18.9 Å². The van der Waals surface area contributed by atoms with Gasteiger partial charge in [0.2, 0.25) is 11.8 Å². The lowest BCUT2D eigenvalue weighted by Gasteiger charge is -2.35. The average molecular weight is 260 g/mol. The highest BCUT2D eigenvalue weighted by molar-refractivity contribution is 5.94. The Bertz CT molecular complexity index is 468. The van der Waals surface area contributed by atoms with Gasteiger partial charge in [0.25, 0.3) is 0 Å². The van der Waals surface area contributed by atoms with E-state index in [0.29, 0.717) is 13.0 Å². The first kappa shape index (κ1) is 13.6. The minimum Gasteiger partial charge on any atom is -0.345 e. The summed E-state index contributed by atoms with van der Waals surface area (Å²) in [7, 11) is 0. The first-order valence-corrected chi connectivity index (χ1v) is 6.74. The van der Waals surface area contributed by atoms with E-state index in [0.717, 1.165) is 12.0 Å². The molecule has 0 saturated carbocycles. The van der Waals surface area contributed by atoms with Crippen LogP contribution in [0.25, 0.3) is 0 Å². The van der Waals surface area contributed by atoms with E-state index in [9.17, 15) is 9.59 Å². The molecule has 0 aromatic heterocycles. The van der Waals surface area contributed by atoms with Crippen LogP contribution in [0, 0.1) is 6.92 Å². The van der Waals surface area contributed by atoms with Crippen LogP contribution in [0.15, 0.2) is 24.3 Å². The van der Waals surface area contributed by atoms with Crippen LogP contribution in [-0.4, -0.2) is 29.3 Å². The van der Waals surface area contributed by atoms with Crippen LogP contribution in [0.4, 0.5) is 0 Å². The maximum absolute atomic E-state index is 12.0. The van der Waals surface area contributed by atoms with E-state index in [1.54, 1.807) is 4.90 Å². The third-order valence-electron chi connectivity index (χ3n) is 3.45. The molecule has 1 aromatic carbocycles. The molecule has 1 atom stereocenters. The molecule has 1 unspecified atom stereocenters. The van der Waals surface area contributed by atoms with Crippen molar-refractivity contribution < 1.29 is 9.59 Å². The van der Waals surface area contributed by atoms with Crippen molar-refractivity contribution in [2.45, 2.75) is 39.3 Å². The van der Waals surface area contributed by atoms with Gasteiger partial charge in [-0.15, -0.1) is 0 Å². The first-order valence-electron chi connectivity index (χ1n) is 6.74. The molecule has 1 aliphatic heterocycles. The zero-order valence-corrected chi connectivity index (χ0v) is 11.5. The third kappa shape index (κ3) is 3.13. The van der Waals surface area contributed by atoms with Crippen molar-refractivity contribution in [3.05, 3.63) is 35.4 Å². The molecular formula is C15H20N2O2. The predicted octanol–water partition coefficient (Wildman–Crippen LogP) is 1.62. The Morgan fingerprint density at radius 3 is 2.58 bits per heavy atom. The number of amides is 2. The molecular weight excluding hydrogens is 240 g/mol. The normalized spacial score (nSPS) is 19.5. The summed E-state index contributed by atoms with van der Waals surface area (Å²) in [6.07, 6.45) is 1.60. The smallest absolute Gasteiger partial charge is 0.243 e. The number of carbonyl (C=O) groups is 2. The van der Waals surface area contributed by atoms with E-state index < -0.39 is 0 Å². The van der Waals surface area contributed by atoms with Gasteiger partial charge < -0.3 is 10.2 Å². The van der Waals surface area contributed by atoms with Crippen molar-refractivity contribution in [3.8, 4) is 0 Å². The molecule has 1 fully saturated rings. The molecule has 0 radical (unpaired) electrons. The average Bonchev–Trinajstić information content (AvgIpc) is 2.40. The van der Waals surface area contributed by atoms with Gasteiger partial charge in [0.05, 0.1) is 6.54 Å². The number of hydrogen-bond acceptors (Lipinski definition) is 2. The molecule has 1 aliphatic rings. The summed E-state index contributed by atoms with van der Waals surface area (Å²) in [4.78, 5) is 25.6. The minimum absolute atomic E-state index is 0.00127. The number of piperazine rings is 1. The molecule has 1 saturated heterocycles. The Hall–Kier alpha value is -1.84. The van der Waals surface area contributed by atoms with Crippen LogP contribution in [0.1, 0.15) is 30.9 Å². The summed E-state index contributed by atoms with van der Waals surface area (Å²) < 4.78 is 0. The van der Waals surface area contributed by atoms with Gasteiger partial charge in [0, 0.05) is 6.54 Å². The van der Waals surface area contributed by atoms with Gasteiger partial charge >= 0.3 is 0 Å². The number of carbonyl (C=O) groups excluding carboxylic acids is 2. The molecule has 102 valence electrons. The lowest BCUT2D eigenvalue weighted by molar-refractivity contribution is -0.146. The molecule has 0 spiro atoms. The second-order valence-electron chi connectivity index (χ2n) is 5.03. The van der Waals surface area contributed by atoms with E-state index in [1.807, 2.05) is 38.1 Å². The quantitative estimate of drug-likeness (QED) is 0.894. The fourth-order valence-corrected chi connectivity index (χ4v) is 2.35. The summed E-state index contributed by atoms with van der Waals surface area (Å²) in [5, 5.41) is 2.66. The van der Waals surface area contributed by atoms with Crippen molar-refractivity contribution in [2.24, 2.45) is 0 Å². The highest BCUT2D eigenvalue weighted by Crippen LogP contribution is 2.16. The van der Waals surface area contributed by atoms with Crippen LogP contribution >= 0.6 is 0 Å². The number of benzene rings is 1. The Morgan fingerprint density at radius 2 is 1.95 bits per heavy atom. The molecule has 4 heteroatoms. The van der Waals surface area contributed by atoms with Crippen molar-refractivity contribution in [1.82, 2.24) is 10.2 Å². The Kier molecular flexibility index (Phi) is 4.20. The summed E-state index contributed by atoms with van der Waals surface area (Å²) >= 11 is 0. The zero-order valence-electron chi connectivity index (χ0n) is 11.5. The zero-order chi connectivity index (χ0) is 13.8. The molecule has 0 bridgehead atoms. The van der Waals surface area contributed by atoms with E-state index in [-0.39, 0.29) is 24.4 Å². The van der Waals surface area contributed by atoms with Gasteiger partial charge in [-0.1, -0.05) is 43.2 Å². The van der Waals surface area contributed by atoms with E-state index in [4.69, 9.17) is 0 Å². The minimum atomic E-state index is -0.326. The number of rotatable bonds is 4. The summed E-state index contributed by atoms with van der Waals surface area (Å²) in [6.45, 7) is 4.68. The SMILES string of the molecule is CCCC1C(=O)NCC(=O)N1Cc1ccc(C)cc1. The number of hydrogen-bond donors (Lipinski definition) is 1. The van der Waals surface area contributed by atoms with Gasteiger partial charge in [-0.25, -0.2) is 0 Å². The van der Waals surface area contributed by atoms with Crippen LogP contribution in [-0.2, 0) is 16.1 Å². The second-order valence-corrected chi connectivity index (χ2v) is 5.03. The maximum Gasteiger partial charge on any atom is 0.243 e. The Balaban J connectivity index is 2.16. The molecule has 4 nitrogen and oxygen atoms in total. The first-order chi connectivity index (χ1) is 9.11. The molecule has 19 heavy (non-hydrogen) atoms. The lowest BCUT2D eigenvalue weighted by atomic mass is 10.0. The molecule has 0 aliphatic carbocycles. The highest BCUT2D eigenvalue weighted by Gasteiger charge is 2.33. The van der Waals surface area contributed by atoms with Crippen LogP contribution in [0.3, 0.4) is 0 Å². The molecule has 2 amide bonds. The summed E-state index contributed by atoms with van der Waals surface area (Å²) in [5.74, 6) is -0.0350. The van der Waals surface area contributed by atoms with Crippen LogP contribution < -0.4 is 5.32 Å². The van der Waals surface area contributed by atoms with Crippen LogP contribution in [0.5, 0.6) is 0 Å². The van der Waals surface area contributed by atoms with Crippen molar-refractivity contribution in [3.63, 3.8) is 0 Å². The maximum atomic E-state index is 12.0. The number of nitrogens with one attached hydrogen (secondary N) is 1. The Morgan fingerprint density at radius 1 is 1.26 bits per heavy atom. The van der Waals surface area contributed by atoms with Crippen LogP contribution in [0.2, 0.25) is 0 Å². The van der Waals surface area contributed by atoms with Gasteiger partial charge in [0.1, 0.15) is 6.04 Å². The van der Waals surface area contributed by atoms with Crippen molar-refractivity contribution >= 4 is 11.8 Å². The fourth-order valence-electron chi connectivity index (χ4n) is 2.35. The second kappa shape index (κ2) is 5.87. The van der Waals surface area contributed by atoms with Gasteiger partial charge in [-0.2, -0.15) is 0 Å². The number of nitrogens with zero attached hydrogens (tertiary/aromatic N) is 1. The largest absolute Gasteiger partial charge is 0.345 e. The molecule has 1 aromatic rings. The van der Waals surface area contributed by atoms with Gasteiger partial charge in [0.15, 0.2) is 0 Å². The van der Waals surface area contributed by atoms with E-state index in [1.165, 1.54) is 5.56 Å². The van der Waals surface area contributed by atoms with E-state index in [2.05, 4.69) is 5.32 Å². The van der Waals surface area contributed by atoms with Crippen molar-refractivity contribution in [1.29, 1.82) is 0 Å². The molecule has 1 N–H and O–H groups in total. The van der Waals surface area contributed by atoms with Gasteiger partial charge in [-0.3, -0.25) is 9.59 Å². The van der Waals surface area contributed by atoms with E-state index >= 15 is 0 Å². The number of aryl methyl sites for hydroxylation is 1. The predicted molar refractivity (Wildman–Crippen MR) is 73.4 cm³/mol. The highest BCUT2D eigenvalue weighted by atomic mass is 16.2. The fraction of sp³-hybridized carbons (Fsp3) is 0.467. The summed E-state index contributed by atoms with van der Waals surface area (Å²) in [6, 6.07) is 7.75. The third-order valence-corrected chi connectivity index (χ3v) is 3.45. The molecule has 2 rings (SSSR count). The Labute approximate surface area is 113 Å². The van der Waals surface area contributed by atoms with Crippen molar-refractivity contribution in [2.75, 3.05) is 6.54 Å². The lowest BCUT2D eigenvalue weighted by Crippen LogP contribution is -2.57. The standard InChI is InChI=1S/C15H20N2O2/c1-3-4-13-15(19)16-9-14(18)17(13)10-12-7-5-11(2)6-8-12/h5-8,13H,3-4,9-10H2,1-2H3,(H,16,19). The molecule has 1 heterocycles. The monoisotopic (exact) mass is 260 g/mol.